The van der Waals surface area contributed by atoms with Gasteiger partial charge in [0.25, 0.3) is 0 Å². The quantitative estimate of drug-likeness (QED) is 0.124. The zero-order valence-electron chi connectivity index (χ0n) is 23.1. The number of rotatable bonds is 3. The Balaban J connectivity index is 0.000000165. The predicted octanol–water partition coefficient (Wildman–Crippen LogP) is 7.90. The zero-order valence-corrected chi connectivity index (χ0v) is 24.7. The summed E-state index contributed by atoms with van der Waals surface area (Å²) >= 11 is 2.68. The van der Waals surface area contributed by atoms with Crippen LogP contribution in [-0.2, 0) is 12.8 Å². The van der Waals surface area contributed by atoms with E-state index in [1.807, 2.05) is 24.3 Å². The van der Waals surface area contributed by atoms with Crippen molar-refractivity contribution in [2.75, 3.05) is 0 Å². The normalized spacial score (nSPS) is 11.4. The molecular weight excluding hydrogens is 556 g/mol. The largest absolute Gasteiger partial charge is 0.507 e. The Bertz CT molecular complexity index is 2090. The van der Waals surface area contributed by atoms with Crippen LogP contribution < -0.4 is 10.9 Å². The summed E-state index contributed by atoms with van der Waals surface area (Å²) in [5, 5.41) is 41.4. The number of hydrogen-bond donors (Lipinski definition) is 4. The number of aryl methyl sites for hydroxylation is 2. The fourth-order valence-electron chi connectivity index (χ4n) is 4.93. The predicted molar refractivity (Wildman–Crippen MR) is 171 cm³/mol. The van der Waals surface area contributed by atoms with Crippen molar-refractivity contribution in [3.05, 3.63) is 91.7 Å². The lowest BCUT2D eigenvalue weighted by Crippen LogP contribution is -2.03. The Morgan fingerprint density at radius 1 is 0.634 bits per heavy atom. The molecular formula is C33H30O6S2. The first-order valence-electron chi connectivity index (χ1n) is 13.4. The van der Waals surface area contributed by atoms with Gasteiger partial charge in [0.1, 0.15) is 23.0 Å². The molecule has 0 bridgehead atoms. The standard InChI is InChI=1S/C17H16O3S.C16H14O3S/c1-3-9-7-10(4-2)16-11(8-9)15(20)14-12(18)5-6-13(19)17(14)21-16;1-8(2)9-3-6-13-10(7-9)15(19)14-11(17)4-5-12(18)16(14)20-13/h5-8,18-19H,3-4H2,1-2H3;3-8,17-18H,1-2H3. The second-order valence-electron chi connectivity index (χ2n) is 10.2. The Morgan fingerprint density at radius 2 is 1.20 bits per heavy atom. The minimum atomic E-state index is -0.232. The van der Waals surface area contributed by atoms with Gasteiger partial charge in [-0.2, -0.15) is 0 Å². The first kappa shape index (κ1) is 28.4. The molecule has 0 atom stereocenters. The van der Waals surface area contributed by atoms with Crippen molar-refractivity contribution in [3.63, 3.8) is 0 Å². The molecule has 6 nitrogen and oxygen atoms in total. The third-order valence-electron chi connectivity index (χ3n) is 7.27. The highest BCUT2D eigenvalue weighted by molar-refractivity contribution is 7.25. The van der Waals surface area contributed by atoms with Crippen molar-refractivity contribution >= 4 is 63.0 Å². The maximum absolute atomic E-state index is 12.7. The van der Waals surface area contributed by atoms with Crippen molar-refractivity contribution in [2.45, 2.75) is 46.5 Å². The van der Waals surface area contributed by atoms with Gasteiger partial charge in [-0.15, -0.1) is 22.7 Å². The zero-order chi connectivity index (χ0) is 29.6. The Kier molecular flexibility index (Phi) is 7.64. The van der Waals surface area contributed by atoms with Gasteiger partial charge in [0.05, 0.1) is 20.2 Å². The molecule has 0 amide bonds. The molecule has 0 radical (unpaired) electrons. The van der Waals surface area contributed by atoms with Gasteiger partial charge in [0, 0.05) is 20.2 Å². The van der Waals surface area contributed by atoms with E-state index >= 15 is 0 Å². The molecule has 0 aliphatic rings. The summed E-state index contributed by atoms with van der Waals surface area (Å²) in [6.45, 7) is 8.25. The van der Waals surface area contributed by atoms with Crippen LogP contribution in [0.1, 0.15) is 50.3 Å². The maximum atomic E-state index is 12.7. The number of hydrogen-bond acceptors (Lipinski definition) is 8. The lowest BCUT2D eigenvalue weighted by Gasteiger charge is -2.09. The van der Waals surface area contributed by atoms with Gasteiger partial charge < -0.3 is 20.4 Å². The van der Waals surface area contributed by atoms with E-state index in [9.17, 15) is 30.0 Å². The molecule has 0 fully saturated rings. The smallest absolute Gasteiger partial charge is 0.199 e. The molecule has 0 aliphatic carbocycles. The third-order valence-corrected chi connectivity index (χ3v) is 9.77. The van der Waals surface area contributed by atoms with Crippen molar-refractivity contribution < 1.29 is 20.4 Å². The van der Waals surface area contributed by atoms with Crippen LogP contribution in [-0.4, -0.2) is 20.4 Å². The van der Waals surface area contributed by atoms with Crippen LogP contribution in [0.2, 0.25) is 0 Å². The fourth-order valence-corrected chi connectivity index (χ4v) is 7.29. The van der Waals surface area contributed by atoms with Crippen molar-refractivity contribution in [2.24, 2.45) is 0 Å². The minimum Gasteiger partial charge on any atom is -0.507 e. The summed E-state index contributed by atoms with van der Waals surface area (Å²) in [6, 6.07) is 15.3. The lowest BCUT2D eigenvalue weighted by atomic mass is 10.0. The average molecular weight is 587 g/mol. The van der Waals surface area contributed by atoms with E-state index in [1.54, 1.807) is 0 Å². The van der Waals surface area contributed by atoms with Crippen LogP contribution in [0.25, 0.3) is 40.3 Å². The maximum Gasteiger partial charge on any atom is 0.199 e. The summed E-state index contributed by atoms with van der Waals surface area (Å²) in [5.74, 6) is 0.224. The second-order valence-corrected chi connectivity index (χ2v) is 12.3. The van der Waals surface area contributed by atoms with Crippen LogP contribution in [0, 0.1) is 0 Å². The van der Waals surface area contributed by atoms with Crippen molar-refractivity contribution in [1.29, 1.82) is 0 Å². The van der Waals surface area contributed by atoms with E-state index in [0.29, 0.717) is 26.1 Å². The summed E-state index contributed by atoms with van der Waals surface area (Å²) < 4.78 is 2.59. The van der Waals surface area contributed by atoms with E-state index < -0.39 is 0 Å². The molecule has 0 spiro atoms. The third kappa shape index (κ3) is 4.98. The second kappa shape index (κ2) is 11.0. The monoisotopic (exact) mass is 586 g/mol. The number of fused-ring (bicyclic) bond motifs is 4. The van der Waals surface area contributed by atoms with Gasteiger partial charge in [-0.3, -0.25) is 9.59 Å². The van der Waals surface area contributed by atoms with Gasteiger partial charge in [-0.25, -0.2) is 0 Å². The average Bonchev–Trinajstić information content (AvgIpc) is 2.96. The fraction of sp³-hybridized carbons (Fsp3) is 0.212. The topological polar surface area (TPSA) is 115 Å². The van der Waals surface area contributed by atoms with E-state index in [-0.39, 0.29) is 44.6 Å². The Hall–Kier alpha value is -4.14. The van der Waals surface area contributed by atoms with Gasteiger partial charge in [-0.1, -0.05) is 39.8 Å². The van der Waals surface area contributed by atoms with Crippen molar-refractivity contribution in [1.82, 2.24) is 0 Å². The molecule has 8 heteroatoms. The van der Waals surface area contributed by atoms with Crippen molar-refractivity contribution in [3.8, 4) is 23.0 Å². The summed E-state index contributed by atoms with van der Waals surface area (Å²) in [4.78, 5) is 25.3. The van der Waals surface area contributed by atoms with E-state index in [2.05, 4.69) is 33.8 Å². The highest BCUT2D eigenvalue weighted by Gasteiger charge is 2.16. The summed E-state index contributed by atoms with van der Waals surface area (Å²) in [5.41, 5.74) is 2.86. The van der Waals surface area contributed by atoms with Crippen LogP contribution >= 0.6 is 22.7 Å². The molecule has 2 aromatic heterocycles. The Labute approximate surface area is 244 Å². The molecule has 0 unspecified atom stereocenters. The SMILES string of the molecule is CC(C)c1ccc2sc3c(O)ccc(O)c3c(=O)c2c1.CCc1cc(CC)c2sc3c(O)ccc(O)c3c(=O)c2c1. The molecule has 6 rings (SSSR count). The van der Waals surface area contributed by atoms with Gasteiger partial charge in [-0.05, 0) is 77.9 Å². The highest BCUT2D eigenvalue weighted by atomic mass is 32.1. The highest BCUT2D eigenvalue weighted by Crippen LogP contribution is 2.38. The summed E-state index contributed by atoms with van der Waals surface area (Å²) in [7, 11) is 0. The number of aromatic hydroxyl groups is 4. The van der Waals surface area contributed by atoms with Crippen LogP contribution in [0.3, 0.4) is 0 Å². The molecule has 4 N–H and O–H groups in total. The minimum absolute atomic E-state index is 0.0229. The Morgan fingerprint density at radius 3 is 1.76 bits per heavy atom. The number of phenols is 4. The summed E-state index contributed by atoms with van der Waals surface area (Å²) in [6.07, 6.45) is 1.68. The van der Waals surface area contributed by atoms with E-state index in [0.717, 1.165) is 38.9 Å². The molecule has 0 aliphatic heterocycles. The molecule has 0 saturated heterocycles. The number of benzene rings is 4. The number of phenolic OH excluding ortho intramolecular Hbond substituents is 4. The molecule has 0 saturated carbocycles. The van der Waals surface area contributed by atoms with Gasteiger partial charge in [0.2, 0.25) is 0 Å². The van der Waals surface area contributed by atoms with E-state index in [4.69, 9.17) is 0 Å². The van der Waals surface area contributed by atoms with Crippen LogP contribution in [0.5, 0.6) is 23.0 Å². The lowest BCUT2D eigenvalue weighted by molar-refractivity contribution is 0.470. The molecule has 6 aromatic rings. The van der Waals surface area contributed by atoms with Gasteiger partial charge in [0.15, 0.2) is 10.9 Å². The molecule has 4 aromatic carbocycles. The van der Waals surface area contributed by atoms with Gasteiger partial charge >= 0.3 is 0 Å². The van der Waals surface area contributed by atoms with Crippen LogP contribution in [0.15, 0.2) is 64.2 Å². The first-order chi connectivity index (χ1) is 19.5. The molecule has 2 heterocycles. The van der Waals surface area contributed by atoms with E-state index in [1.165, 1.54) is 46.9 Å². The first-order valence-corrected chi connectivity index (χ1v) is 15.0. The van der Waals surface area contributed by atoms with Crippen LogP contribution in [0.4, 0.5) is 0 Å². The molecule has 41 heavy (non-hydrogen) atoms. The molecule has 210 valence electrons.